The molecule has 1 aliphatic rings. The zero-order chi connectivity index (χ0) is 20.9. The molecule has 1 amide bonds. The van der Waals surface area contributed by atoms with Crippen LogP contribution in [0.4, 0.5) is 0 Å². The smallest absolute Gasteiger partial charge is 0.230 e. The monoisotopic (exact) mass is 417 g/mol. The molecule has 0 saturated heterocycles. The van der Waals surface area contributed by atoms with Gasteiger partial charge in [-0.3, -0.25) is 9.59 Å². The molecule has 0 saturated carbocycles. The lowest BCUT2D eigenvalue weighted by Gasteiger charge is -2.12. The van der Waals surface area contributed by atoms with Crippen molar-refractivity contribution in [3.05, 3.63) is 83.9 Å². The number of hydrogen-bond acceptors (Lipinski definition) is 4. The van der Waals surface area contributed by atoms with Crippen LogP contribution in [0.2, 0.25) is 0 Å². The van der Waals surface area contributed by atoms with E-state index in [4.69, 9.17) is 4.74 Å². The van der Waals surface area contributed by atoms with Gasteiger partial charge in [-0.25, -0.2) is 0 Å². The summed E-state index contributed by atoms with van der Waals surface area (Å²) in [5, 5.41) is 2.97. The Hall–Kier alpha value is -3.05. The maximum absolute atomic E-state index is 12.2. The minimum absolute atomic E-state index is 0.000478. The predicted octanol–water partition coefficient (Wildman–Crippen LogP) is 4.77. The van der Waals surface area contributed by atoms with Crippen LogP contribution in [0.3, 0.4) is 0 Å². The SMILES string of the molecule is CC(=O)c1ccccc1-c1ccc2c(c1)CC(CNC(=O)CSc1ccccc1)O2. The zero-order valence-corrected chi connectivity index (χ0v) is 17.6. The van der Waals surface area contributed by atoms with E-state index < -0.39 is 0 Å². The summed E-state index contributed by atoms with van der Waals surface area (Å²) in [5.74, 6) is 1.28. The fraction of sp³-hybridized carbons (Fsp3) is 0.200. The first kappa shape index (κ1) is 20.2. The van der Waals surface area contributed by atoms with Gasteiger partial charge in [0.15, 0.2) is 5.78 Å². The highest BCUT2D eigenvalue weighted by Crippen LogP contribution is 2.34. The molecule has 0 bridgehead atoms. The molecule has 1 heterocycles. The molecule has 1 atom stereocenters. The number of carbonyl (C=O) groups excluding carboxylic acids is 2. The number of nitrogens with one attached hydrogen (secondary N) is 1. The molecule has 0 radical (unpaired) electrons. The molecule has 30 heavy (non-hydrogen) atoms. The summed E-state index contributed by atoms with van der Waals surface area (Å²) in [7, 11) is 0. The summed E-state index contributed by atoms with van der Waals surface area (Å²) in [6.45, 7) is 2.06. The van der Waals surface area contributed by atoms with Crippen molar-refractivity contribution < 1.29 is 14.3 Å². The molecule has 1 unspecified atom stereocenters. The van der Waals surface area contributed by atoms with Crippen molar-refractivity contribution in [1.82, 2.24) is 5.32 Å². The van der Waals surface area contributed by atoms with E-state index in [1.165, 1.54) is 11.8 Å². The highest BCUT2D eigenvalue weighted by atomic mass is 32.2. The van der Waals surface area contributed by atoms with Gasteiger partial charge in [0.05, 0.1) is 12.3 Å². The molecule has 152 valence electrons. The number of thioether (sulfide) groups is 1. The largest absolute Gasteiger partial charge is 0.488 e. The molecule has 0 spiro atoms. The third-order valence-electron chi connectivity index (χ3n) is 5.06. The summed E-state index contributed by atoms with van der Waals surface area (Å²) >= 11 is 1.52. The van der Waals surface area contributed by atoms with Gasteiger partial charge in [-0.1, -0.05) is 48.5 Å². The van der Waals surface area contributed by atoms with Crippen molar-refractivity contribution in [3.63, 3.8) is 0 Å². The number of fused-ring (bicyclic) bond motifs is 1. The highest BCUT2D eigenvalue weighted by Gasteiger charge is 2.24. The number of ketones is 1. The summed E-state index contributed by atoms with van der Waals surface area (Å²) in [4.78, 5) is 25.2. The predicted molar refractivity (Wildman–Crippen MR) is 120 cm³/mol. The molecular formula is C25H23NO3S. The standard InChI is InChI=1S/C25H23NO3S/c1-17(27)22-9-5-6-10-23(22)18-11-12-24-19(13-18)14-20(29-24)15-26-25(28)16-30-21-7-3-2-4-8-21/h2-13,20H,14-16H2,1H3,(H,26,28). The Morgan fingerprint density at radius 3 is 2.60 bits per heavy atom. The second-order valence-electron chi connectivity index (χ2n) is 7.27. The Kier molecular flexibility index (Phi) is 6.19. The molecule has 3 aromatic carbocycles. The maximum atomic E-state index is 12.2. The Balaban J connectivity index is 1.35. The number of amides is 1. The molecular weight excluding hydrogens is 394 g/mol. The first-order valence-corrected chi connectivity index (χ1v) is 10.9. The third-order valence-corrected chi connectivity index (χ3v) is 6.07. The van der Waals surface area contributed by atoms with Crippen molar-refractivity contribution in [2.45, 2.75) is 24.3 Å². The Labute approximate surface area is 180 Å². The summed E-state index contributed by atoms with van der Waals surface area (Å²) in [6.07, 6.45) is 0.654. The first-order chi connectivity index (χ1) is 14.6. The van der Waals surface area contributed by atoms with Gasteiger partial charge >= 0.3 is 0 Å². The number of Topliss-reactive ketones (excluding diaryl/α,β-unsaturated/α-hetero) is 1. The molecule has 4 rings (SSSR count). The lowest BCUT2D eigenvalue weighted by molar-refractivity contribution is -0.118. The molecule has 1 aliphatic heterocycles. The summed E-state index contributed by atoms with van der Waals surface area (Å²) in [5.41, 5.74) is 3.76. The van der Waals surface area contributed by atoms with Gasteiger partial charge in [0.25, 0.3) is 0 Å². The van der Waals surface area contributed by atoms with Gasteiger partial charge in [0, 0.05) is 16.9 Å². The lowest BCUT2D eigenvalue weighted by atomic mass is 9.95. The molecule has 4 nitrogen and oxygen atoms in total. The van der Waals surface area contributed by atoms with Gasteiger partial charge in [0.1, 0.15) is 11.9 Å². The van der Waals surface area contributed by atoms with Crippen molar-refractivity contribution in [1.29, 1.82) is 0 Å². The molecule has 5 heteroatoms. The number of ether oxygens (including phenoxy) is 1. The summed E-state index contributed by atoms with van der Waals surface area (Å²) < 4.78 is 6.00. The van der Waals surface area contributed by atoms with E-state index in [2.05, 4.69) is 11.4 Å². The maximum Gasteiger partial charge on any atom is 0.230 e. The average Bonchev–Trinajstić information content (AvgIpc) is 3.19. The second kappa shape index (κ2) is 9.18. The van der Waals surface area contributed by atoms with Gasteiger partial charge in [-0.05, 0) is 47.9 Å². The van der Waals surface area contributed by atoms with Crippen LogP contribution in [0.5, 0.6) is 5.75 Å². The fourth-order valence-electron chi connectivity index (χ4n) is 3.59. The van der Waals surface area contributed by atoms with E-state index in [-0.39, 0.29) is 17.8 Å². The zero-order valence-electron chi connectivity index (χ0n) is 16.8. The van der Waals surface area contributed by atoms with Crippen LogP contribution in [0.25, 0.3) is 11.1 Å². The lowest BCUT2D eigenvalue weighted by Crippen LogP contribution is -2.35. The van der Waals surface area contributed by atoms with E-state index >= 15 is 0 Å². The number of hydrogen-bond donors (Lipinski definition) is 1. The molecule has 3 aromatic rings. The molecule has 0 aromatic heterocycles. The van der Waals surface area contributed by atoms with Crippen LogP contribution in [0, 0.1) is 0 Å². The highest BCUT2D eigenvalue weighted by molar-refractivity contribution is 8.00. The van der Waals surface area contributed by atoms with Crippen LogP contribution >= 0.6 is 11.8 Å². The van der Waals surface area contributed by atoms with Crippen molar-refractivity contribution >= 4 is 23.5 Å². The second-order valence-corrected chi connectivity index (χ2v) is 8.32. The van der Waals surface area contributed by atoms with Crippen LogP contribution < -0.4 is 10.1 Å². The van der Waals surface area contributed by atoms with Crippen LogP contribution in [0.1, 0.15) is 22.8 Å². The van der Waals surface area contributed by atoms with Gasteiger partial charge in [-0.2, -0.15) is 0 Å². The minimum Gasteiger partial charge on any atom is -0.488 e. The van der Waals surface area contributed by atoms with Crippen LogP contribution in [0.15, 0.2) is 77.7 Å². The number of carbonyl (C=O) groups is 2. The molecule has 1 N–H and O–H groups in total. The first-order valence-electron chi connectivity index (χ1n) is 9.94. The van der Waals surface area contributed by atoms with Crippen molar-refractivity contribution in [3.8, 4) is 16.9 Å². The van der Waals surface area contributed by atoms with E-state index in [0.717, 1.165) is 39.3 Å². The molecule has 0 aliphatic carbocycles. The quantitative estimate of drug-likeness (QED) is 0.444. The average molecular weight is 418 g/mol. The minimum atomic E-state index is -0.0797. The fourth-order valence-corrected chi connectivity index (χ4v) is 4.34. The van der Waals surface area contributed by atoms with Gasteiger partial charge < -0.3 is 10.1 Å². The third kappa shape index (κ3) is 4.74. The normalized spacial score (nSPS) is 14.6. The van der Waals surface area contributed by atoms with E-state index in [0.29, 0.717) is 12.3 Å². The van der Waals surface area contributed by atoms with Crippen molar-refractivity contribution in [2.24, 2.45) is 0 Å². The van der Waals surface area contributed by atoms with Gasteiger partial charge in [0.2, 0.25) is 5.91 Å². The Morgan fingerprint density at radius 2 is 1.80 bits per heavy atom. The molecule has 0 fully saturated rings. The van der Waals surface area contributed by atoms with E-state index in [9.17, 15) is 9.59 Å². The van der Waals surface area contributed by atoms with Crippen molar-refractivity contribution in [2.75, 3.05) is 12.3 Å². The van der Waals surface area contributed by atoms with E-state index in [1.54, 1.807) is 6.92 Å². The topological polar surface area (TPSA) is 55.4 Å². The number of benzene rings is 3. The van der Waals surface area contributed by atoms with E-state index in [1.807, 2.05) is 66.7 Å². The summed E-state index contributed by atoms with van der Waals surface area (Å²) in [6, 6.07) is 23.6. The van der Waals surface area contributed by atoms with Crippen LogP contribution in [-0.4, -0.2) is 30.1 Å². The van der Waals surface area contributed by atoms with Crippen LogP contribution in [-0.2, 0) is 11.2 Å². The number of rotatable bonds is 7. The van der Waals surface area contributed by atoms with Gasteiger partial charge in [-0.15, -0.1) is 11.8 Å². The Morgan fingerprint density at radius 1 is 1.03 bits per heavy atom. The Bertz CT molecular complexity index is 1060.